The molecular formula is C43H76F3NO4Si3. The topological polar surface area (TPSA) is 56.8 Å². The third-order valence-corrected chi connectivity index (χ3v) is 23.4. The predicted octanol–water partition coefficient (Wildman–Crippen LogP) is 12.8. The summed E-state index contributed by atoms with van der Waals surface area (Å²) >= 11 is 0. The zero-order chi connectivity index (χ0) is 41.5. The van der Waals surface area contributed by atoms with E-state index in [2.05, 4.69) is 112 Å². The van der Waals surface area contributed by atoms with E-state index in [9.17, 15) is 18.0 Å². The molecule has 0 aliphatic heterocycles. The molecule has 0 aromatic rings. The number of amides is 1. The average molecular weight is 812 g/mol. The minimum absolute atomic E-state index is 0.00545. The van der Waals surface area contributed by atoms with Crippen molar-refractivity contribution in [3.05, 3.63) is 47.1 Å². The summed E-state index contributed by atoms with van der Waals surface area (Å²) in [5.74, 6) is -0.280. The highest BCUT2D eigenvalue weighted by Gasteiger charge is 2.55. The SMILES string of the molecule is C=C1/C(=C/C=C2\CCC[C@]3(C)C([C@H](C)CNC(=O)C[C@](C)(O[Si](C)(C)C)C(F)(F)F)=CCC[C@@H]23)CC(O[Si](C)(C)C(C)(C)C)CC1O[Si](C)(C)C(C)(C)C. The van der Waals surface area contributed by atoms with E-state index in [1.54, 1.807) is 19.6 Å². The maximum absolute atomic E-state index is 14.1. The van der Waals surface area contributed by atoms with Gasteiger partial charge in [0.25, 0.3) is 0 Å². The van der Waals surface area contributed by atoms with Crippen LogP contribution < -0.4 is 5.32 Å². The largest absolute Gasteiger partial charge is 0.416 e. The summed E-state index contributed by atoms with van der Waals surface area (Å²) in [6, 6.07) is 0. The van der Waals surface area contributed by atoms with Crippen molar-refractivity contribution in [3.8, 4) is 0 Å². The number of carbonyl (C=O) groups excluding carboxylic acids is 1. The first-order valence-electron chi connectivity index (χ1n) is 20.4. The lowest BCUT2D eigenvalue weighted by Crippen LogP contribution is -2.53. The average Bonchev–Trinajstić information content (AvgIpc) is 2.97. The van der Waals surface area contributed by atoms with Gasteiger partial charge in [0.15, 0.2) is 30.6 Å². The predicted molar refractivity (Wildman–Crippen MR) is 227 cm³/mol. The Hall–Kier alpha value is -1.25. The van der Waals surface area contributed by atoms with Gasteiger partial charge in [0.05, 0.1) is 18.6 Å². The summed E-state index contributed by atoms with van der Waals surface area (Å²) in [6.45, 7) is 38.5. The van der Waals surface area contributed by atoms with Crippen LogP contribution in [0.5, 0.6) is 0 Å². The molecule has 0 saturated heterocycles. The van der Waals surface area contributed by atoms with Crippen molar-refractivity contribution in [3.63, 3.8) is 0 Å². The summed E-state index contributed by atoms with van der Waals surface area (Å²) in [7, 11) is -6.67. The Bertz CT molecular complexity index is 1460. The number of fused-ring (bicyclic) bond motifs is 1. The maximum Gasteiger partial charge on any atom is 0.416 e. The summed E-state index contributed by atoms with van der Waals surface area (Å²) in [5.41, 5.74) is 2.46. The van der Waals surface area contributed by atoms with E-state index in [-0.39, 0.29) is 33.6 Å². The van der Waals surface area contributed by atoms with E-state index < -0.39 is 49.1 Å². The van der Waals surface area contributed by atoms with Crippen LogP contribution in [0.25, 0.3) is 0 Å². The first-order chi connectivity index (χ1) is 24.2. The van der Waals surface area contributed by atoms with Crippen LogP contribution in [0.15, 0.2) is 47.1 Å². The highest BCUT2D eigenvalue weighted by Crippen LogP contribution is 2.55. The normalized spacial score (nSPS) is 28.4. The fourth-order valence-corrected chi connectivity index (χ4v) is 12.5. The van der Waals surface area contributed by atoms with Gasteiger partial charge in [-0.25, -0.2) is 0 Å². The highest BCUT2D eigenvalue weighted by molar-refractivity contribution is 6.74. The van der Waals surface area contributed by atoms with Crippen molar-refractivity contribution in [1.29, 1.82) is 0 Å². The molecule has 0 bridgehead atoms. The molecule has 0 aromatic carbocycles. The van der Waals surface area contributed by atoms with E-state index in [0.717, 1.165) is 57.4 Å². The van der Waals surface area contributed by atoms with E-state index >= 15 is 0 Å². The number of rotatable bonds is 12. The maximum atomic E-state index is 14.1. The minimum atomic E-state index is -4.65. The number of nitrogens with one attached hydrogen (secondary N) is 1. The van der Waals surface area contributed by atoms with E-state index in [4.69, 9.17) is 13.3 Å². The van der Waals surface area contributed by atoms with Crippen LogP contribution in [0.1, 0.15) is 114 Å². The number of carbonyl (C=O) groups is 1. The molecule has 1 N–H and O–H groups in total. The van der Waals surface area contributed by atoms with Crippen molar-refractivity contribution in [2.24, 2.45) is 17.3 Å². The van der Waals surface area contributed by atoms with Crippen molar-refractivity contribution < 1.29 is 31.2 Å². The number of hydrogen-bond donors (Lipinski definition) is 1. The molecule has 1 amide bonds. The summed E-state index contributed by atoms with van der Waals surface area (Å²) < 4.78 is 62.0. The van der Waals surface area contributed by atoms with Crippen molar-refractivity contribution >= 4 is 30.9 Å². The Balaban J connectivity index is 1.86. The van der Waals surface area contributed by atoms with E-state index in [0.29, 0.717) is 12.5 Å². The molecule has 0 radical (unpaired) electrons. The van der Waals surface area contributed by atoms with Crippen LogP contribution in [0.3, 0.4) is 0 Å². The number of alkyl halides is 3. The van der Waals surface area contributed by atoms with Crippen molar-refractivity contribution in [2.75, 3.05) is 6.54 Å². The zero-order valence-electron chi connectivity index (χ0n) is 36.9. The third-order valence-electron chi connectivity index (χ3n) is 13.4. The molecule has 0 heterocycles. The minimum Gasteiger partial charge on any atom is -0.413 e. The molecule has 0 spiro atoms. The molecule has 3 aliphatic carbocycles. The lowest BCUT2D eigenvalue weighted by atomic mass is 9.56. The van der Waals surface area contributed by atoms with Crippen molar-refractivity contribution in [1.82, 2.24) is 5.32 Å². The second-order valence-corrected chi connectivity index (χ2v) is 35.1. The molecule has 6 atom stereocenters. The van der Waals surface area contributed by atoms with Gasteiger partial charge in [0.2, 0.25) is 5.91 Å². The van der Waals surface area contributed by atoms with Gasteiger partial charge in [0.1, 0.15) is 0 Å². The van der Waals surface area contributed by atoms with Gasteiger partial charge >= 0.3 is 6.18 Å². The Morgan fingerprint density at radius 1 is 0.981 bits per heavy atom. The second kappa shape index (κ2) is 16.5. The highest BCUT2D eigenvalue weighted by atomic mass is 28.4. The molecular weight excluding hydrogens is 736 g/mol. The Morgan fingerprint density at radius 2 is 1.56 bits per heavy atom. The molecule has 5 nitrogen and oxygen atoms in total. The Morgan fingerprint density at radius 3 is 2.09 bits per heavy atom. The van der Waals surface area contributed by atoms with E-state index in [1.165, 1.54) is 16.7 Å². The number of halogens is 3. The van der Waals surface area contributed by atoms with Crippen molar-refractivity contribution in [2.45, 2.75) is 194 Å². The second-order valence-electron chi connectivity index (χ2n) is 21.2. The molecule has 2 fully saturated rings. The first-order valence-corrected chi connectivity index (χ1v) is 29.6. The smallest absolute Gasteiger partial charge is 0.413 e. The van der Waals surface area contributed by atoms with Gasteiger partial charge < -0.3 is 18.6 Å². The van der Waals surface area contributed by atoms with E-state index in [1.807, 2.05) is 0 Å². The molecule has 310 valence electrons. The van der Waals surface area contributed by atoms with Crippen LogP contribution >= 0.6 is 0 Å². The zero-order valence-corrected chi connectivity index (χ0v) is 39.9. The summed E-state index contributed by atoms with van der Waals surface area (Å²) in [5, 5.41) is 3.04. The lowest BCUT2D eigenvalue weighted by molar-refractivity contribution is -0.246. The van der Waals surface area contributed by atoms with Crippen LogP contribution in [0, 0.1) is 17.3 Å². The first kappa shape index (κ1) is 47.1. The fourth-order valence-electron chi connectivity index (χ4n) is 8.25. The van der Waals surface area contributed by atoms with Gasteiger partial charge in [-0.2, -0.15) is 13.2 Å². The number of allylic oxidation sites excluding steroid dienone is 4. The fraction of sp³-hybridized carbons (Fsp3) is 0.791. The van der Waals surface area contributed by atoms with Crippen LogP contribution in [-0.4, -0.2) is 61.4 Å². The molecule has 2 saturated carbocycles. The lowest BCUT2D eigenvalue weighted by Gasteiger charge is -2.49. The molecule has 0 aromatic heterocycles. The molecule has 11 heteroatoms. The van der Waals surface area contributed by atoms with Gasteiger partial charge in [0, 0.05) is 13.0 Å². The van der Waals surface area contributed by atoms with Gasteiger partial charge in [-0.1, -0.05) is 91.3 Å². The Kier molecular flexibility index (Phi) is 14.4. The third kappa shape index (κ3) is 11.2. The molecule has 3 aliphatic rings. The van der Waals surface area contributed by atoms with Gasteiger partial charge in [-0.15, -0.1) is 0 Å². The quantitative estimate of drug-likeness (QED) is 0.158. The Labute approximate surface area is 330 Å². The van der Waals surface area contributed by atoms with Crippen LogP contribution in [-0.2, 0) is 18.1 Å². The molecule has 2 unspecified atom stereocenters. The summed E-state index contributed by atoms with van der Waals surface area (Å²) in [4.78, 5) is 13.0. The molecule has 3 rings (SSSR count). The number of hydrogen-bond acceptors (Lipinski definition) is 4. The summed E-state index contributed by atoms with van der Waals surface area (Å²) in [6.07, 6.45) is 8.41. The van der Waals surface area contributed by atoms with Gasteiger partial charge in [-0.05, 0) is 130 Å². The van der Waals surface area contributed by atoms with Crippen LogP contribution in [0.2, 0.25) is 55.9 Å². The standard InChI is InChI=1S/C43H76F3NO4Si3/c1-30(29-47-38(48)28-42(10,43(44,45)46)51-52(11,12)13)35-21-18-22-36-32(20-19-25-41(35,36)9)23-24-33-26-34(49-53(14,15)39(3,4)5)27-37(31(33)2)50-54(16,17)40(6,7)8/h21,23-24,30,34,36-37H,2,18-20,22,25-29H2,1,3-17H3,(H,47,48)/b32-23+,33-24+/t30-,34?,36+,37?,41-,42+/m1/s1. The molecule has 54 heavy (non-hydrogen) atoms. The monoisotopic (exact) mass is 812 g/mol. The van der Waals surface area contributed by atoms with Crippen LogP contribution in [0.4, 0.5) is 13.2 Å². The van der Waals surface area contributed by atoms with Gasteiger partial charge in [-0.3, -0.25) is 4.79 Å².